The fourth-order valence-electron chi connectivity index (χ4n) is 0.609. The molecule has 0 aliphatic carbocycles. The van der Waals surface area contributed by atoms with Crippen molar-refractivity contribution in [2.45, 2.75) is 13.0 Å². The topological polar surface area (TPSA) is 59.4 Å². The number of hydrogen-bond acceptors (Lipinski definition) is 4. The summed E-state index contributed by atoms with van der Waals surface area (Å²) in [6.45, 7) is 1.35. The number of pyridine rings is 1. The Morgan fingerprint density at radius 1 is 1.75 bits per heavy atom. The molecule has 1 unspecified atom stereocenters. The zero-order valence-corrected chi connectivity index (χ0v) is 6.60. The first-order chi connectivity index (χ1) is 5.70. The molecule has 0 bridgehead atoms. The van der Waals surface area contributed by atoms with Crippen LogP contribution in [0.4, 0.5) is 0 Å². The molecular weight excluding hydrogens is 158 g/mol. The molecule has 0 aromatic carbocycles. The maximum Gasteiger partial charge on any atom is 0.340 e. The Labute approximate surface area is 69.8 Å². The predicted octanol–water partition coefficient (Wildman–Crippen LogP) is 0.368. The quantitative estimate of drug-likeness (QED) is 0.646. The zero-order chi connectivity index (χ0) is 8.97. The third-order valence-electron chi connectivity index (χ3n) is 1.19. The van der Waals surface area contributed by atoms with Crippen LogP contribution in [-0.4, -0.2) is 22.2 Å². The molecule has 0 aliphatic rings. The van der Waals surface area contributed by atoms with Gasteiger partial charge >= 0.3 is 5.97 Å². The minimum Gasteiger partial charge on any atom is -0.423 e. The molecular formula is C8H9NO3. The number of aromatic nitrogens is 1. The minimum absolute atomic E-state index is 0.336. The van der Waals surface area contributed by atoms with Crippen molar-refractivity contribution >= 4 is 5.97 Å². The first-order valence-corrected chi connectivity index (χ1v) is 3.50. The Balaban J connectivity index is 2.59. The van der Waals surface area contributed by atoms with Crippen LogP contribution in [0, 0.1) is 0 Å². The molecule has 0 radical (unpaired) electrons. The zero-order valence-electron chi connectivity index (χ0n) is 6.60. The number of carbonyl (C=O) groups is 1. The van der Waals surface area contributed by atoms with Gasteiger partial charge in [-0.05, 0) is 19.1 Å². The fraction of sp³-hybridized carbons (Fsp3) is 0.250. The monoisotopic (exact) mass is 167 g/mol. The van der Waals surface area contributed by atoms with E-state index in [0.29, 0.717) is 5.75 Å². The minimum atomic E-state index is -1.11. The number of rotatable bonds is 2. The summed E-state index contributed by atoms with van der Waals surface area (Å²) in [6, 6.07) is 3.23. The summed E-state index contributed by atoms with van der Waals surface area (Å²) in [7, 11) is 0. The molecule has 0 spiro atoms. The summed E-state index contributed by atoms with van der Waals surface area (Å²) < 4.78 is 4.72. The highest BCUT2D eigenvalue weighted by atomic mass is 16.5. The van der Waals surface area contributed by atoms with Gasteiger partial charge in [0, 0.05) is 6.20 Å². The molecule has 64 valence electrons. The van der Waals surface area contributed by atoms with Gasteiger partial charge in [0.15, 0.2) is 0 Å². The second kappa shape index (κ2) is 3.82. The molecule has 1 atom stereocenters. The first kappa shape index (κ1) is 8.67. The first-order valence-electron chi connectivity index (χ1n) is 3.50. The number of aliphatic hydroxyl groups is 1. The second-order valence-corrected chi connectivity index (χ2v) is 2.29. The fourth-order valence-corrected chi connectivity index (χ4v) is 0.609. The molecule has 1 aromatic heterocycles. The molecule has 1 rings (SSSR count). The largest absolute Gasteiger partial charge is 0.423 e. The molecule has 4 heteroatoms. The Kier molecular flexibility index (Phi) is 2.76. The van der Waals surface area contributed by atoms with Crippen LogP contribution in [0.3, 0.4) is 0 Å². The summed E-state index contributed by atoms with van der Waals surface area (Å²) in [6.07, 6.45) is 1.87. The Hall–Kier alpha value is -1.42. The molecule has 0 aliphatic heterocycles. The predicted molar refractivity (Wildman–Crippen MR) is 41.6 cm³/mol. The van der Waals surface area contributed by atoms with Gasteiger partial charge in [-0.2, -0.15) is 0 Å². The number of nitrogens with zero attached hydrogens (tertiary/aromatic N) is 1. The standard InChI is InChI=1S/C8H9NO3/c1-6(10)8(11)12-7-3-2-4-9-5-7/h2-6,10H,1H3. The second-order valence-electron chi connectivity index (χ2n) is 2.29. The molecule has 1 heterocycles. The van der Waals surface area contributed by atoms with Crippen molar-refractivity contribution < 1.29 is 14.6 Å². The third kappa shape index (κ3) is 2.32. The number of hydrogen-bond donors (Lipinski definition) is 1. The van der Waals surface area contributed by atoms with Gasteiger partial charge in [0.1, 0.15) is 11.9 Å². The van der Waals surface area contributed by atoms with Crippen LogP contribution in [-0.2, 0) is 4.79 Å². The van der Waals surface area contributed by atoms with Gasteiger partial charge in [-0.25, -0.2) is 4.79 Å². The van der Waals surface area contributed by atoms with Gasteiger partial charge in [-0.15, -0.1) is 0 Å². The lowest BCUT2D eigenvalue weighted by Gasteiger charge is -2.04. The highest BCUT2D eigenvalue weighted by molar-refractivity contribution is 5.76. The maximum absolute atomic E-state index is 10.8. The summed E-state index contributed by atoms with van der Waals surface area (Å²) in [5.74, 6) is -0.341. The summed E-state index contributed by atoms with van der Waals surface area (Å²) >= 11 is 0. The van der Waals surface area contributed by atoms with E-state index in [1.807, 2.05) is 0 Å². The Morgan fingerprint density at radius 3 is 3.00 bits per heavy atom. The van der Waals surface area contributed by atoms with Crippen LogP contribution in [0.5, 0.6) is 5.75 Å². The van der Waals surface area contributed by atoms with Crippen molar-refractivity contribution in [1.29, 1.82) is 0 Å². The van der Waals surface area contributed by atoms with E-state index >= 15 is 0 Å². The number of carbonyl (C=O) groups excluding carboxylic acids is 1. The lowest BCUT2D eigenvalue weighted by Crippen LogP contribution is -2.22. The Bertz CT molecular complexity index is 258. The van der Waals surface area contributed by atoms with Crippen molar-refractivity contribution in [3.05, 3.63) is 24.5 Å². The van der Waals surface area contributed by atoms with E-state index in [1.54, 1.807) is 18.3 Å². The van der Waals surface area contributed by atoms with Gasteiger partial charge in [0.05, 0.1) is 6.20 Å². The maximum atomic E-state index is 10.8. The van der Waals surface area contributed by atoms with Crippen molar-refractivity contribution in [3.8, 4) is 5.75 Å². The van der Waals surface area contributed by atoms with E-state index in [4.69, 9.17) is 9.84 Å². The van der Waals surface area contributed by atoms with E-state index in [-0.39, 0.29) is 0 Å². The number of ether oxygens (including phenoxy) is 1. The van der Waals surface area contributed by atoms with Crippen molar-refractivity contribution in [3.63, 3.8) is 0 Å². The van der Waals surface area contributed by atoms with Gasteiger partial charge < -0.3 is 9.84 Å². The highest BCUT2D eigenvalue weighted by Crippen LogP contribution is 2.06. The molecule has 12 heavy (non-hydrogen) atoms. The molecule has 4 nitrogen and oxygen atoms in total. The van der Waals surface area contributed by atoms with Crippen molar-refractivity contribution in [1.82, 2.24) is 4.98 Å². The van der Waals surface area contributed by atoms with Crippen LogP contribution < -0.4 is 4.74 Å². The lowest BCUT2D eigenvalue weighted by atomic mass is 10.4. The lowest BCUT2D eigenvalue weighted by molar-refractivity contribution is -0.142. The average molecular weight is 167 g/mol. The van der Waals surface area contributed by atoms with E-state index in [2.05, 4.69) is 4.98 Å². The average Bonchev–Trinajstić information content (AvgIpc) is 2.06. The van der Waals surface area contributed by atoms with E-state index in [9.17, 15) is 4.79 Å². The Morgan fingerprint density at radius 2 is 2.50 bits per heavy atom. The van der Waals surface area contributed by atoms with Gasteiger partial charge in [0.2, 0.25) is 0 Å². The van der Waals surface area contributed by atoms with Gasteiger partial charge in [-0.1, -0.05) is 0 Å². The van der Waals surface area contributed by atoms with Crippen LogP contribution >= 0.6 is 0 Å². The van der Waals surface area contributed by atoms with Crippen molar-refractivity contribution in [2.24, 2.45) is 0 Å². The number of aliphatic hydroxyl groups excluding tert-OH is 1. The molecule has 1 aromatic rings. The van der Waals surface area contributed by atoms with E-state index in [0.717, 1.165) is 0 Å². The molecule has 0 fully saturated rings. The SMILES string of the molecule is CC(O)C(=O)Oc1cccnc1. The summed E-state index contributed by atoms with van der Waals surface area (Å²) in [5.41, 5.74) is 0. The van der Waals surface area contributed by atoms with Gasteiger partial charge in [-0.3, -0.25) is 4.98 Å². The summed E-state index contributed by atoms with van der Waals surface area (Å²) in [5, 5.41) is 8.79. The normalized spacial score (nSPS) is 12.2. The van der Waals surface area contributed by atoms with Crippen LogP contribution in [0.2, 0.25) is 0 Å². The highest BCUT2D eigenvalue weighted by Gasteiger charge is 2.10. The third-order valence-corrected chi connectivity index (χ3v) is 1.19. The molecule has 1 N–H and O–H groups in total. The van der Waals surface area contributed by atoms with E-state index < -0.39 is 12.1 Å². The molecule has 0 saturated heterocycles. The van der Waals surface area contributed by atoms with Crippen LogP contribution in [0.25, 0.3) is 0 Å². The summed E-state index contributed by atoms with van der Waals surface area (Å²) in [4.78, 5) is 14.6. The number of esters is 1. The van der Waals surface area contributed by atoms with Gasteiger partial charge in [0.25, 0.3) is 0 Å². The van der Waals surface area contributed by atoms with Crippen LogP contribution in [0.1, 0.15) is 6.92 Å². The van der Waals surface area contributed by atoms with Crippen molar-refractivity contribution in [2.75, 3.05) is 0 Å². The smallest absolute Gasteiger partial charge is 0.340 e. The van der Waals surface area contributed by atoms with Crippen LogP contribution in [0.15, 0.2) is 24.5 Å². The van der Waals surface area contributed by atoms with E-state index in [1.165, 1.54) is 13.1 Å². The molecule has 0 amide bonds. The molecule has 0 saturated carbocycles.